The number of aliphatic imine (C=N–C) groups is 1. The van der Waals surface area contributed by atoms with E-state index in [9.17, 15) is 0 Å². The molecule has 23 heavy (non-hydrogen) atoms. The maximum absolute atomic E-state index is 5.99. The molecule has 2 aromatic rings. The van der Waals surface area contributed by atoms with E-state index in [1.54, 1.807) is 25.6 Å². The van der Waals surface area contributed by atoms with Gasteiger partial charge < -0.3 is 20.5 Å². The lowest BCUT2D eigenvalue weighted by Gasteiger charge is -2.13. The van der Waals surface area contributed by atoms with E-state index in [0.29, 0.717) is 24.2 Å². The molecule has 0 spiro atoms. The smallest absolute Gasteiger partial charge is 0.193 e. The average molecular weight is 333 g/mol. The maximum atomic E-state index is 5.99. The van der Waals surface area contributed by atoms with Gasteiger partial charge >= 0.3 is 0 Å². The Balaban J connectivity index is 1.96. The number of nitrogens with zero attached hydrogens (tertiary/aromatic N) is 1. The summed E-state index contributed by atoms with van der Waals surface area (Å²) in [4.78, 5) is 5.79. The van der Waals surface area contributed by atoms with Gasteiger partial charge in [-0.3, -0.25) is 4.99 Å². The molecule has 1 aromatic heterocycles. The van der Waals surface area contributed by atoms with Gasteiger partial charge in [-0.1, -0.05) is 13.0 Å². The summed E-state index contributed by atoms with van der Waals surface area (Å²) in [7, 11) is 3.23. The number of benzene rings is 1. The van der Waals surface area contributed by atoms with Gasteiger partial charge in [-0.2, -0.15) is 0 Å². The van der Waals surface area contributed by atoms with Crippen LogP contribution in [0.5, 0.6) is 11.5 Å². The number of methoxy groups -OCH3 is 2. The number of anilines is 1. The summed E-state index contributed by atoms with van der Waals surface area (Å²) in [6.07, 6.45) is 1.01. The molecule has 3 N–H and O–H groups in total. The third kappa shape index (κ3) is 5.17. The Labute approximate surface area is 141 Å². The van der Waals surface area contributed by atoms with Gasteiger partial charge in [0.1, 0.15) is 11.5 Å². The zero-order chi connectivity index (χ0) is 16.7. The van der Waals surface area contributed by atoms with E-state index in [-0.39, 0.29) is 0 Å². The van der Waals surface area contributed by atoms with E-state index in [2.05, 4.69) is 34.7 Å². The molecule has 5 nitrogen and oxygen atoms in total. The van der Waals surface area contributed by atoms with E-state index in [1.165, 1.54) is 4.88 Å². The number of hydrogen-bond acceptors (Lipinski definition) is 4. The summed E-state index contributed by atoms with van der Waals surface area (Å²) in [6.45, 7) is 2.84. The minimum atomic E-state index is 0.370. The fourth-order valence-corrected chi connectivity index (χ4v) is 3.05. The Bertz CT molecular complexity index is 641. The van der Waals surface area contributed by atoms with Crippen molar-refractivity contribution in [1.82, 2.24) is 0 Å². The third-order valence-corrected chi connectivity index (χ3v) is 4.27. The largest absolute Gasteiger partial charge is 0.497 e. The zero-order valence-electron chi connectivity index (χ0n) is 13.7. The van der Waals surface area contributed by atoms with Crippen molar-refractivity contribution in [2.45, 2.75) is 13.3 Å². The fourth-order valence-electron chi connectivity index (χ4n) is 2.18. The highest BCUT2D eigenvalue weighted by molar-refractivity contribution is 7.09. The van der Waals surface area contributed by atoms with Crippen molar-refractivity contribution < 1.29 is 9.47 Å². The van der Waals surface area contributed by atoms with E-state index in [1.807, 2.05) is 18.2 Å². The molecule has 0 radical (unpaired) electrons. The van der Waals surface area contributed by atoms with Gasteiger partial charge in [-0.05, 0) is 35.9 Å². The molecule has 0 aliphatic heterocycles. The van der Waals surface area contributed by atoms with Crippen LogP contribution in [0, 0.1) is 5.92 Å². The van der Waals surface area contributed by atoms with Gasteiger partial charge in [-0.25, -0.2) is 0 Å². The summed E-state index contributed by atoms with van der Waals surface area (Å²) in [6, 6.07) is 9.71. The normalized spacial score (nSPS) is 12.7. The van der Waals surface area contributed by atoms with Crippen LogP contribution in [0.4, 0.5) is 5.69 Å². The minimum absolute atomic E-state index is 0.370. The molecule has 1 aromatic carbocycles. The third-order valence-electron chi connectivity index (χ3n) is 3.37. The second-order valence-corrected chi connectivity index (χ2v) is 6.34. The van der Waals surface area contributed by atoms with E-state index in [0.717, 1.165) is 17.9 Å². The van der Waals surface area contributed by atoms with Crippen LogP contribution in [0.3, 0.4) is 0 Å². The Morgan fingerprint density at radius 1 is 1.30 bits per heavy atom. The molecule has 0 aliphatic carbocycles. The second kappa shape index (κ2) is 8.43. The summed E-state index contributed by atoms with van der Waals surface area (Å²) in [5.41, 5.74) is 6.72. The lowest BCUT2D eigenvalue weighted by atomic mass is 10.1. The predicted octanol–water partition coefficient (Wildman–Crippen LogP) is 3.37. The number of guanidine groups is 1. The molecule has 1 unspecified atom stereocenters. The van der Waals surface area contributed by atoms with Crippen LogP contribution in [0.15, 0.2) is 40.7 Å². The summed E-state index contributed by atoms with van der Waals surface area (Å²) < 4.78 is 10.5. The van der Waals surface area contributed by atoms with Crippen LogP contribution in [0.2, 0.25) is 0 Å². The first-order chi connectivity index (χ1) is 11.1. The zero-order valence-corrected chi connectivity index (χ0v) is 14.5. The van der Waals surface area contributed by atoms with Crippen LogP contribution < -0.4 is 20.5 Å². The van der Waals surface area contributed by atoms with Crippen LogP contribution in [-0.2, 0) is 6.42 Å². The molecule has 0 saturated heterocycles. The molecule has 0 amide bonds. The monoisotopic (exact) mass is 333 g/mol. The van der Waals surface area contributed by atoms with Gasteiger partial charge in [0.15, 0.2) is 5.96 Å². The number of ether oxygens (including phenoxy) is 2. The standard InChI is InChI=1S/C17H23N3O2S/c1-12(9-14-5-4-8-23-14)11-19-17(18)20-15-10-13(21-2)6-7-16(15)22-3/h4-8,10,12H,9,11H2,1-3H3,(H3,18,19,20). The Hall–Kier alpha value is -2.21. The lowest BCUT2D eigenvalue weighted by Crippen LogP contribution is -2.24. The number of rotatable bonds is 7. The molecule has 6 heteroatoms. The van der Waals surface area contributed by atoms with Crippen LogP contribution in [-0.4, -0.2) is 26.7 Å². The minimum Gasteiger partial charge on any atom is -0.497 e. The fraction of sp³-hybridized carbons (Fsp3) is 0.353. The van der Waals surface area contributed by atoms with Gasteiger partial charge in [0.2, 0.25) is 0 Å². The first kappa shape index (κ1) is 17.1. The molecule has 0 fully saturated rings. The Morgan fingerprint density at radius 3 is 2.78 bits per heavy atom. The summed E-state index contributed by atoms with van der Waals surface area (Å²) >= 11 is 1.77. The van der Waals surface area contributed by atoms with Crippen molar-refractivity contribution in [2.24, 2.45) is 16.6 Å². The highest BCUT2D eigenvalue weighted by Crippen LogP contribution is 2.28. The van der Waals surface area contributed by atoms with E-state index in [4.69, 9.17) is 15.2 Å². The quantitative estimate of drug-likeness (QED) is 0.602. The first-order valence-electron chi connectivity index (χ1n) is 7.43. The molecule has 0 bridgehead atoms. The van der Waals surface area contributed by atoms with Crippen molar-refractivity contribution in [2.75, 3.05) is 26.1 Å². The highest BCUT2D eigenvalue weighted by Gasteiger charge is 2.07. The summed E-state index contributed by atoms with van der Waals surface area (Å²) in [5.74, 6) is 2.22. The molecule has 1 atom stereocenters. The van der Waals surface area contributed by atoms with Crippen LogP contribution >= 0.6 is 11.3 Å². The Kier molecular flexibility index (Phi) is 6.29. The van der Waals surface area contributed by atoms with Crippen molar-refractivity contribution in [1.29, 1.82) is 0 Å². The predicted molar refractivity (Wildman–Crippen MR) is 96.8 cm³/mol. The second-order valence-electron chi connectivity index (χ2n) is 5.31. The molecular formula is C17H23N3O2S. The molecule has 124 valence electrons. The van der Waals surface area contributed by atoms with Crippen molar-refractivity contribution in [3.63, 3.8) is 0 Å². The molecular weight excluding hydrogens is 310 g/mol. The highest BCUT2D eigenvalue weighted by atomic mass is 32.1. The van der Waals surface area contributed by atoms with Crippen molar-refractivity contribution >= 4 is 23.0 Å². The SMILES string of the molecule is COc1ccc(OC)c(NC(N)=NCC(C)Cc2cccs2)c1. The number of nitrogens with one attached hydrogen (secondary N) is 1. The first-order valence-corrected chi connectivity index (χ1v) is 8.31. The summed E-state index contributed by atoms with van der Waals surface area (Å²) in [5, 5.41) is 5.17. The Morgan fingerprint density at radius 2 is 2.13 bits per heavy atom. The van der Waals surface area contributed by atoms with Gasteiger partial charge in [-0.15, -0.1) is 11.3 Å². The average Bonchev–Trinajstić information content (AvgIpc) is 3.05. The number of nitrogens with two attached hydrogens (primary N) is 1. The van der Waals surface area contributed by atoms with E-state index < -0.39 is 0 Å². The van der Waals surface area contributed by atoms with Crippen molar-refractivity contribution in [3.8, 4) is 11.5 Å². The van der Waals surface area contributed by atoms with Gasteiger partial charge in [0.25, 0.3) is 0 Å². The molecule has 2 rings (SSSR count). The van der Waals surface area contributed by atoms with Crippen LogP contribution in [0.1, 0.15) is 11.8 Å². The number of hydrogen-bond donors (Lipinski definition) is 2. The molecule has 1 heterocycles. The van der Waals surface area contributed by atoms with Crippen molar-refractivity contribution in [3.05, 3.63) is 40.6 Å². The lowest BCUT2D eigenvalue weighted by molar-refractivity contribution is 0.405. The van der Waals surface area contributed by atoms with Gasteiger partial charge in [0, 0.05) is 17.5 Å². The van der Waals surface area contributed by atoms with E-state index >= 15 is 0 Å². The molecule has 0 aliphatic rings. The topological polar surface area (TPSA) is 68.9 Å². The van der Waals surface area contributed by atoms with Gasteiger partial charge in [0.05, 0.1) is 19.9 Å². The number of thiophene rings is 1. The molecule has 0 saturated carbocycles. The maximum Gasteiger partial charge on any atom is 0.193 e. The van der Waals surface area contributed by atoms with Crippen LogP contribution in [0.25, 0.3) is 0 Å².